The van der Waals surface area contributed by atoms with E-state index in [1.807, 2.05) is 27.7 Å². The summed E-state index contributed by atoms with van der Waals surface area (Å²) in [6.45, 7) is 9.94. The molecule has 0 atom stereocenters. The Morgan fingerprint density at radius 2 is 1.77 bits per heavy atom. The van der Waals surface area contributed by atoms with E-state index in [-0.39, 0.29) is 60.0 Å². The van der Waals surface area contributed by atoms with Gasteiger partial charge in [-0.25, -0.2) is 0 Å². The van der Waals surface area contributed by atoms with Crippen LogP contribution in [0.2, 0.25) is 0 Å². The summed E-state index contributed by atoms with van der Waals surface area (Å²) in [5.74, 6) is -0.791. The number of carbonyl (C=O) groups excluding carboxylic acids is 3. The summed E-state index contributed by atoms with van der Waals surface area (Å²) in [7, 11) is 1.53. The van der Waals surface area contributed by atoms with Crippen molar-refractivity contribution in [1.82, 2.24) is 10.2 Å². The fraction of sp³-hybridized carbons (Fsp3) is 0.452. The van der Waals surface area contributed by atoms with Gasteiger partial charge in [0.25, 0.3) is 5.91 Å². The number of amides is 2. The molecule has 11 nitrogen and oxygen atoms in total. The maximum absolute atomic E-state index is 13.6. The lowest BCUT2D eigenvalue weighted by molar-refractivity contribution is -0.137. The van der Waals surface area contributed by atoms with Gasteiger partial charge >= 0.3 is 5.97 Å². The highest BCUT2D eigenvalue weighted by atomic mass is 79.9. The molecule has 0 fully saturated rings. The van der Waals surface area contributed by atoms with Gasteiger partial charge in [0, 0.05) is 43.6 Å². The minimum absolute atomic E-state index is 0. The molecule has 0 saturated carbocycles. The van der Waals surface area contributed by atoms with E-state index in [9.17, 15) is 19.2 Å². The number of benzene rings is 2. The number of halogens is 1. The van der Waals surface area contributed by atoms with Crippen LogP contribution in [0, 0.1) is 5.41 Å². The first-order valence-electron chi connectivity index (χ1n) is 14.0. The Kier molecular flexibility index (Phi) is 12.3. The molecule has 3 rings (SSSR count). The van der Waals surface area contributed by atoms with Gasteiger partial charge in [-0.3, -0.25) is 24.6 Å². The van der Waals surface area contributed by atoms with Crippen molar-refractivity contribution in [2.45, 2.75) is 65.8 Å². The SMILES string of the molecule is Br.CCOc1cc2c(cc1C(=O)NC)C(=N)N(CC(=O)c1cc(NC(C)=O)c(OCCCCC(=O)O)c(C(C)(C)C)c1)C2. The van der Waals surface area contributed by atoms with E-state index in [2.05, 4.69) is 10.6 Å². The van der Waals surface area contributed by atoms with Crippen molar-refractivity contribution in [3.8, 4) is 11.5 Å². The highest BCUT2D eigenvalue weighted by Gasteiger charge is 2.31. The molecule has 0 saturated heterocycles. The number of ketones is 1. The van der Waals surface area contributed by atoms with Gasteiger partial charge in [-0.15, -0.1) is 17.0 Å². The molecular formula is C31H41BrN4O7. The fourth-order valence-electron chi connectivity index (χ4n) is 4.75. The fourth-order valence-corrected chi connectivity index (χ4v) is 4.75. The van der Waals surface area contributed by atoms with Crippen LogP contribution in [0.1, 0.15) is 91.3 Å². The third-order valence-electron chi connectivity index (χ3n) is 6.80. The van der Waals surface area contributed by atoms with Crippen molar-refractivity contribution in [3.05, 3.63) is 52.1 Å². The van der Waals surface area contributed by atoms with Gasteiger partial charge in [0.2, 0.25) is 5.91 Å². The number of unbranched alkanes of at least 4 members (excludes halogenated alkanes) is 1. The largest absolute Gasteiger partial charge is 0.493 e. The summed E-state index contributed by atoms with van der Waals surface area (Å²) < 4.78 is 11.7. The second kappa shape index (κ2) is 15.0. The Balaban J connectivity index is 0.00000645. The predicted octanol–water partition coefficient (Wildman–Crippen LogP) is 4.94. The summed E-state index contributed by atoms with van der Waals surface area (Å²) >= 11 is 0. The molecule has 2 aromatic rings. The molecule has 1 aliphatic rings. The number of Topliss-reactive ketones (excluding diaryl/α,β-unsaturated/α-hetero) is 1. The number of rotatable bonds is 13. The number of carboxylic acids is 1. The average Bonchev–Trinajstić information content (AvgIpc) is 3.20. The van der Waals surface area contributed by atoms with Crippen molar-refractivity contribution in [2.24, 2.45) is 0 Å². The standard InChI is InChI=1S/C31H40N4O7.BrH/c1-7-41-26-14-20-16-35(29(32)21(20)15-22(26)30(40)33-6)17-25(37)19-12-23(31(3,4)5)28(24(13-19)34-18(2)36)42-11-9-8-10-27(38)39;/h12-15,32H,7-11,16-17H2,1-6H3,(H,33,40)(H,34,36)(H,38,39);1H. The number of amidine groups is 1. The monoisotopic (exact) mass is 660 g/mol. The molecule has 1 heterocycles. The second-order valence-electron chi connectivity index (χ2n) is 11.2. The van der Waals surface area contributed by atoms with Gasteiger partial charge in [-0.1, -0.05) is 20.8 Å². The van der Waals surface area contributed by atoms with Crippen molar-refractivity contribution >= 4 is 52.1 Å². The van der Waals surface area contributed by atoms with Crippen molar-refractivity contribution in [1.29, 1.82) is 5.41 Å². The number of nitrogens with one attached hydrogen (secondary N) is 3. The molecule has 0 bridgehead atoms. The Bertz CT molecular complexity index is 1400. The minimum Gasteiger partial charge on any atom is -0.493 e. The van der Waals surface area contributed by atoms with Crippen LogP contribution in [0.5, 0.6) is 11.5 Å². The molecule has 0 spiro atoms. The summed E-state index contributed by atoms with van der Waals surface area (Å²) in [5.41, 5.74) is 2.63. The average molecular weight is 662 g/mol. The van der Waals surface area contributed by atoms with E-state index in [1.165, 1.54) is 14.0 Å². The first-order chi connectivity index (χ1) is 19.8. The van der Waals surface area contributed by atoms with Crippen LogP contribution in [-0.4, -0.2) is 66.2 Å². The number of hydrogen-bond acceptors (Lipinski definition) is 7. The van der Waals surface area contributed by atoms with E-state index in [0.717, 1.165) is 5.56 Å². The third-order valence-corrected chi connectivity index (χ3v) is 6.80. The molecule has 0 aliphatic carbocycles. The lowest BCUT2D eigenvalue weighted by atomic mass is 9.84. The molecule has 43 heavy (non-hydrogen) atoms. The number of anilines is 1. The number of carboxylic acid groups (broad SMARTS) is 1. The maximum Gasteiger partial charge on any atom is 0.303 e. The van der Waals surface area contributed by atoms with Crippen molar-refractivity contribution in [3.63, 3.8) is 0 Å². The van der Waals surface area contributed by atoms with Crippen LogP contribution in [0.15, 0.2) is 24.3 Å². The van der Waals surface area contributed by atoms with Gasteiger partial charge in [0.05, 0.1) is 31.0 Å². The Morgan fingerprint density at radius 1 is 1.07 bits per heavy atom. The molecule has 1 aliphatic heterocycles. The second-order valence-corrected chi connectivity index (χ2v) is 11.2. The maximum atomic E-state index is 13.6. The van der Waals surface area contributed by atoms with Crippen LogP contribution < -0.4 is 20.1 Å². The highest BCUT2D eigenvalue weighted by Crippen LogP contribution is 2.39. The summed E-state index contributed by atoms with van der Waals surface area (Å²) in [5, 5.41) is 23.0. The van der Waals surface area contributed by atoms with Crippen molar-refractivity contribution in [2.75, 3.05) is 32.1 Å². The van der Waals surface area contributed by atoms with Crippen LogP contribution in [0.3, 0.4) is 0 Å². The van der Waals surface area contributed by atoms with Crippen LogP contribution >= 0.6 is 17.0 Å². The van der Waals surface area contributed by atoms with E-state index in [0.29, 0.717) is 65.4 Å². The van der Waals surface area contributed by atoms with Gasteiger partial charge in [0.15, 0.2) is 5.78 Å². The molecule has 0 radical (unpaired) electrons. The number of aliphatic carboxylic acids is 1. The minimum atomic E-state index is -0.872. The molecule has 234 valence electrons. The van der Waals surface area contributed by atoms with Gasteiger partial charge in [0.1, 0.15) is 17.3 Å². The Morgan fingerprint density at radius 3 is 2.35 bits per heavy atom. The van der Waals surface area contributed by atoms with E-state index >= 15 is 0 Å². The molecule has 2 amide bonds. The normalized spacial score (nSPS) is 12.2. The van der Waals surface area contributed by atoms with Crippen LogP contribution in [0.25, 0.3) is 0 Å². The first kappa shape index (κ1) is 35.3. The van der Waals surface area contributed by atoms with Crippen molar-refractivity contribution < 1.29 is 33.8 Å². The molecule has 2 aromatic carbocycles. The highest BCUT2D eigenvalue weighted by molar-refractivity contribution is 8.93. The summed E-state index contributed by atoms with van der Waals surface area (Å²) in [6, 6.07) is 6.71. The van der Waals surface area contributed by atoms with Gasteiger partial charge in [-0.05, 0) is 55.0 Å². The molecule has 0 unspecified atom stereocenters. The lowest BCUT2D eigenvalue weighted by Crippen LogP contribution is -2.30. The molecule has 4 N–H and O–H groups in total. The smallest absolute Gasteiger partial charge is 0.303 e. The summed E-state index contributed by atoms with van der Waals surface area (Å²) in [6.07, 6.45) is 1.00. The zero-order valence-electron chi connectivity index (χ0n) is 25.5. The van der Waals surface area contributed by atoms with E-state index in [1.54, 1.807) is 29.2 Å². The topological polar surface area (TPSA) is 158 Å². The quantitative estimate of drug-likeness (QED) is 0.174. The number of nitrogens with zero attached hydrogens (tertiary/aromatic N) is 1. The number of carbonyl (C=O) groups is 4. The summed E-state index contributed by atoms with van der Waals surface area (Å²) in [4.78, 5) is 50.6. The number of hydrogen-bond donors (Lipinski definition) is 4. The van der Waals surface area contributed by atoms with Gasteiger partial charge in [-0.2, -0.15) is 0 Å². The number of ether oxygens (including phenoxy) is 2. The Labute approximate surface area is 262 Å². The van der Waals surface area contributed by atoms with E-state index < -0.39 is 11.4 Å². The van der Waals surface area contributed by atoms with E-state index in [4.69, 9.17) is 20.0 Å². The molecule has 0 aromatic heterocycles. The third kappa shape index (κ3) is 8.79. The van der Waals surface area contributed by atoms with Crippen LogP contribution in [0.4, 0.5) is 5.69 Å². The lowest BCUT2D eigenvalue weighted by Gasteiger charge is -2.26. The Hall–Kier alpha value is -3.93. The van der Waals surface area contributed by atoms with Gasteiger partial charge < -0.3 is 30.1 Å². The predicted molar refractivity (Wildman–Crippen MR) is 169 cm³/mol. The molecule has 12 heteroatoms. The zero-order valence-corrected chi connectivity index (χ0v) is 27.2. The first-order valence-corrected chi connectivity index (χ1v) is 14.0. The van der Waals surface area contributed by atoms with Crippen LogP contribution in [-0.2, 0) is 21.5 Å². The zero-order chi connectivity index (χ0) is 31.2. The number of fused-ring (bicyclic) bond motifs is 1. The molecular weight excluding hydrogens is 620 g/mol.